The van der Waals surface area contributed by atoms with Gasteiger partial charge in [0.2, 0.25) is 0 Å². The monoisotopic (exact) mass is 490 g/mol. The van der Waals surface area contributed by atoms with Gasteiger partial charge < -0.3 is 25.1 Å². The number of allylic oxidation sites excluding steroid dienone is 2. The van der Waals surface area contributed by atoms with Crippen molar-refractivity contribution in [2.45, 2.75) is 13.8 Å². The smallest absolute Gasteiger partial charge is 0.343 e. The van der Waals surface area contributed by atoms with E-state index in [0.717, 1.165) is 6.07 Å². The zero-order chi connectivity index (χ0) is 26.2. The topological polar surface area (TPSA) is 146 Å². The normalized spacial score (nSPS) is 11.6. The summed E-state index contributed by atoms with van der Waals surface area (Å²) in [6, 6.07) is 18.6. The van der Waals surface area contributed by atoms with Gasteiger partial charge in [-0.2, -0.15) is 0 Å². The molecule has 0 fully saturated rings. The van der Waals surface area contributed by atoms with E-state index < -0.39 is 22.9 Å². The minimum Gasteiger partial charge on any atom is -0.769 e. The first kappa shape index (κ1) is 26.1. The number of rotatable bonds is 8. The van der Waals surface area contributed by atoms with Gasteiger partial charge >= 0.3 is 11.9 Å². The fraction of sp³-hybridized carbons (Fsp3) is 0.0769. The van der Waals surface area contributed by atoms with Gasteiger partial charge in [-0.25, -0.2) is 9.59 Å². The van der Waals surface area contributed by atoms with E-state index in [1.807, 2.05) is 0 Å². The van der Waals surface area contributed by atoms with Crippen LogP contribution in [0.4, 0.5) is 11.4 Å². The highest BCUT2D eigenvalue weighted by molar-refractivity contribution is 5.91. The Bertz CT molecular complexity index is 1190. The molecule has 0 spiro atoms. The van der Waals surface area contributed by atoms with E-state index in [9.17, 15) is 30.4 Å². The van der Waals surface area contributed by atoms with Gasteiger partial charge in [0.1, 0.15) is 17.2 Å². The van der Waals surface area contributed by atoms with Gasteiger partial charge in [0.05, 0.1) is 11.1 Å². The summed E-state index contributed by atoms with van der Waals surface area (Å²) in [7, 11) is 0. The molecule has 0 aromatic heterocycles. The third-order valence-electron chi connectivity index (χ3n) is 4.83. The summed E-state index contributed by atoms with van der Waals surface area (Å²) in [5.41, 5.74) is -0.127. The molecule has 0 aliphatic heterocycles. The second kappa shape index (κ2) is 11.8. The fourth-order valence-corrected chi connectivity index (χ4v) is 3.23. The number of benzene rings is 3. The number of hydrogen-bond donors (Lipinski definition) is 2. The summed E-state index contributed by atoms with van der Waals surface area (Å²) < 4.78 is 10.6. The maximum absolute atomic E-state index is 12.3. The van der Waals surface area contributed by atoms with Gasteiger partial charge in [-0.05, 0) is 62.4 Å². The Kier molecular flexibility index (Phi) is 8.55. The Balaban J connectivity index is 1.96. The van der Waals surface area contributed by atoms with Crippen LogP contribution in [0.2, 0.25) is 0 Å². The molecule has 186 valence electrons. The van der Waals surface area contributed by atoms with E-state index in [1.165, 1.54) is 32.1 Å². The van der Waals surface area contributed by atoms with Crippen molar-refractivity contribution < 1.29 is 29.5 Å². The van der Waals surface area contributed by atoms with E-state index in [1.54, 1.807) is 60.7 Å². The zero-order valence-corrected chi connectivity index (χ0v) is 19.3. The number of anilines is 2. The first-order chi connectivity index (χ1) is 17.2. The summed E-state index contributed by atoms with van der Waals surface area (Å²) in [5, 5.41) is 41.6. The lowest BCUT2D eigenvalue weighted by Gasteiger charge is -2.39. The van der Waals surface area contributed by atoms with E-state index >= 15 is 0 Å². The molecular formula is C26H22N2O8-2. The molecule has 0 aliphatic rings. The van der Waals surface area contributed by atoms with Crippen molar-refractivity contribution in [3.05, 3.63) is 117 Å². The molecule has 3 aromatic carbocycles. The number of carbonyl (C=O) groups excluding carboxylic acids is 2. The second-order valence-electron chi connectivity index (χ2n) is 7.54. The number of esters is 2. The Morgan fingerprint density at radius 1 is 0.722 bits per heavy atom. The lowest BCUT2D eigenvalue weighted by Crippen LogP contribution is -2.15. The molecule has 36 heavy (non-hydrogen) atoms. The van der Waals surface area contributed by atoms with E-state index in [-0.39, 0.29) is 33.6 Å². The van der Waals surface area contributed by atoms with Crippen molar-refractivity contribution in [3.63, 3.8) is 0 Å². The van der Waals surface area contributed by atoms with E-state index in [2.05, 4.69) is 0 Å². The van der Waals surface area contributed by atoms with Crippen LogP contribution in [0.15, 0.2) is 84.3 Å². The highest BCUT2D eigenvalue weighted by Crippen LogP contribution is 2.33. The minimum atomic E-state index is -0.721. The average molecular weight is 490 g/mol. The molecule has 0 saturated heterocycles. The maximum Gasteiger partial charge on any atom is 0.343 e. The van der Waals surface area contributed by atoms with Crippen LogP contribution < -0.4 is 10.5 Å². The molecule has 0 unspecified atom stereocenters. The molecule has 10 nitrogen and oxygen atoms in total. The molecule has 0 heterocycles. The zero-order valence-electron chi connectivity index (χ0n) is 19.3. The van der Waals surface area contributed by atoms with Crippen LogP contribution in [0.25, 0.3) is 12.2 Å². The van der Waals surface area contributed by atoms with Crippen LogP contribution in [-0.2, 0) is 9.47 Å². The predicted octanol–water partition coefficient (Wildman–Crippen LogP) is 5.51. The second-order valence-corrected chi connectivity index (χ2v) is 7.54. The number of carbonyl (C=O) groups is 2. The van der Waals surface area contributed by atoms with Gasteiger partial charge in [0, 0.05) is 16.8 Å². The van der Waals surface area contributed by atoms with Crippen molar-refractivity contribution >= 4 is 35.5 Å². The van der Waals surface area contributed by atoms with Gasteiger partial charge in [-0.1, -0.05) is 36.4 Å². The molecule has 0 radical (unpaired) electrons. The van der Waals surface area contributed by atoms with Gasteiger partial charge in [0.15, 0.2) is 0 Å². The fourth-order valence-electron chi connectivity index (χ4n) is 3.23. The van der Waals surface area contributed by atoms with Crippen molar-refractivity contribution in [1.29, 1.82) is 0 Å². The molecule has 0 saturated carbocycles. The van der Waals surface area contributed by atoms with Crippen molar-refractivity contribution in [2.75, 3.05) is 10.5 Å². The van der Waals surface area contributed by atoms with Crippen LogP contribution >= 0.6 is 0 Å². The van der Waals surface area contributed by atoms with Crippen LogP contribution in [0.1, 0.15) is 45.7 Å². The Labute approximate surface area is 206 Å². The van der Waals surface area contributed by atoms with E-state index in [0.29, 0.717) is 11.1 Å². The highest BCUT2D eigenvalue weighted by atomic mass is 16.8. The standard InChI is InChI=1S/C26H22N2O8/c1-17(35-25(29)19-9-5-3-6-10-19)13-21-15-22(24(28(33)34)16-23(21)27(31)32)14-18(2)36-26(30)20-11-7-4-8-12-20/h3-16,31-32H,1-2H3/q-2. The maximum atomic E-state index is 12.3. The van der Waals surface area contributed by atoms with Crippen LogP contribution in [0, 0.1) is 10.4 Å². The predicted molar refractivity (Wildman–Crippen MR) is 133 cm³/mol. The Morgan fingerprint density at radius 2 is 1.14 bits per heavy atom. The SMILES string of the molecule is CC(=Cc1cc(C=C(C)OC(=O)c2ccccc2)c(N(O)O)cc1N([O-])[O-])OC(=O)c1ccccc1. The lowest BCUT2D eigenvalue weighted by molar-refractivity contribution is 0.0290. The Morgan fingerprint density at radius 3 is 1.53 bits per heavy atom. The third-order valence-corrected chi connectivity index (χ3v) is 4.83. The first-order valence-corrected chi connectivity index (χ1v) is 10.6. The summed E-state index contributed by atoms with van der Waals surface area (Å²) in [5.74, 6) is -1.14. The largest absolute Gasteiger partial charge is 0.769 e. The van der Waals surface area contributed by atoms with E-state index in [4.69, 9.17) is 9.47 Å². The van der Waals surface area contributed by atoms with Crippen molar-refractivity contribution in [2.24, 2.45) is 0 Å². The number of hydrogen-bond acceptors (Lipinski definition) is 10. The highest BCUT2D eigenvalue weighted by Gasteiger charge is 2.14. The quantitative estimate of drug-likeness (QED) is 0.235. The molecule has 3 rings (SSSR count). The van der Waals surface area contributed by atoms with Crippen molar-refractivity contribution in [1.82, 2.24) is 0 Å². The molecule has 3 aromatic rings. The molecule has 0 aliphatic carbocycles. The van der Waals surface area contributed by atoms with Crippen molar-refractivity contribution in [3.8, 4) is 0 Å². The molecular weight excluding hydrogens is 468 g/mol. The van der Waals surface area contributed by atoms with Crippen LogP contribution in [0.5, 0.6) is 0 Å². The average Bonchev–Trinajstić information content (AvgIpc) is 2.84. The number of nitrogens with zero attached hydrogens (tertiary/aromatic N) is 2. The van der Waals surface area contributed by atoms with Gasteiger partial charge in [-0.15, -0.1) is 5.23 Å². The third kappa shape index (κ3) is 6.78. The lowest BCUT2D eigenvalue weighted by atomic mass is 10.0. The minimum absolute atomic E-state index is 0.0115. The van der Waals surface area contributed by atoms with Crippen LogP contribution in [0.3, 0.4) is 0 Å². The number of ether oxygens (including phenoxy) is 2. The van der Waals surface area contributed by atoms with Gasteiger partial charge in [-0.3, -0.25) is 10.4 Å². The molecule has 10 heteroatoms. The Hall–Kier alpha value is -4.48. The summed E-state index contributed by atoms with van der Waals surface area (Å²) in [6.07, 6.45) is 2.58. The first-order valence-electron chi connectivity index (χ1n) is 10.6. The molecule has 0 amide bonds. The summed E-state index contributed by atoms with van der Waals surface area (Å²) in [4.78, 5) is 24.6. The molecule has 0 bridgehead atoms. The molecule has 2 N–H and O–H groups in total. The summed E-state index contributed by atoms with van der Waals surface area (Å²) >= 11 is 0. The van der Waals surface area contributed by atoms with Gasteiger partial charge in [0.25, 0.3) is 0 Å². The van der Waals surface area contributed by atoms with Crippen LogP contribution in [-0.4, -0.2) is 22.4 Å². The summed E-state index contributed by atoms with van der Waals surface area (Å²) in [6.45, 7) is 2.92. The molecule has 0 atom stereocenters.